The Bertz CT molecular complexity index is 1060. The highest BCUT2D eigenvalue weighted by molar-refractivity contribution is 5.96. The van der Waals surface area contributed by atoms with E-state index in [0.717, 1.165) is 5.56 Å². The van der Waals surface area contributed by atoms with E-state index in [9.17, 15) is 5.11 Å². The van der Waals surface area contributed by atoms with Crippen LogP contribution in [-0.4, -0.2) is 15.9 Å². The van der Waals surface area contributed by atoms with Crippen molar-refractivity contribution in [3.05, 3.63) is 90.8 Å². The minimum Gasteiger partial charge on any atom is -0.859 e. The van der Waals surface area contributed by atoms with Gasteiger partial charge in [0.15, 0.2) is 0 Å². The summed E-state index contributed by atoms with van der Waals surface area (Å²) in [6.45, 7) is 0. The minimum atomic E-state index is -0.722. The molecule has 0 radical (unpaired) electrons. The zero-order chi connectivity index (χ0) is 17.9. The highest BCUT2D eigenvalue weighted by Crippen LogP contribution is 2.28. The van der Waals surface area contributed by atoms with Crippen molar-refractivity contribution in [3.63, 3.8) is 0 Å². The molecule has 2 aromatic heterocycles. The fraction of sp³-hybridized carbons (Fsp3) is 0. The van der Waals surface area contributed by atoms with Crippen molar-refractivity contribution in [1.82, 2.24) is 9.97 Å². The molecule has 2 aromatic carbocycles. The van der Waals surface area contributed by atoms with Crippen molar-refractivity contribution in [2.45, 2.75) is 0 Å². The third-order valence-electron chi connectivity index (χ3n) is 4.13. The first kappa shape index (κ1) is 15.8. The first-order valence-electron chi connectivity index (χ1n) is 8.21. The predicted octanol–water partition coefficient (Wildman–Crippen LogP) is 2.71. The summed E-state index contributed by atoms with van der Waals surface area (Å²) in [5.41, 5.74) is 2.66. The molecule has 0 atom stereocenters. The molecule has 0 bridgehead atoms. The lowest BCUT2D eigenvalue weighted by Crippen LogP contribution is -2.30. The van der Waals surface area contributed by atoms with Gasteiger partial charge in [0.05, 0.1) is 12.4 Å². The SMILES string of the molecule is N=C([O-])c1ccccc1-c1[nH]c(-c2ccccc2)nc1-[n+]1ccccc1. The Kier molecular flexibility index (Phi) is 4.03. The van der Waals surface area contributed by atoms with Crippen molar-refractivity contribution in [3.8, 4) is 28.5 Å². The van der Waals surface area contributed by atoms with Crippen LogP contribution in [0.4, 0.5) is 0 Å². The largest absolute Gasteiger partial charge is 0.859 e. The van der Waals surface area contributed by atoms with Crippen molar-refractivity contribution in [1.29, 1.82) is 5.41 Å². The predicted molar refractivity (Wildman–Crippen MR) is 97.8 cm³/mol. The van der Waals surface area contributed by atoms with Gasteiger partial charge in [-0.05, 0) is 40.7 Å². The Morgan fingerprint density at radius 2 is 1.54 bits per heavy atom. The second kappa shape index (κ2) is 6.64. The Morgan fingerprint density at radius 3 is 2.27 bits per heavy atom. The number of H-pyrrole nitrogens is 1. The molecule has 0 saturated heterocycles. The smallest absolute Gasteiger partial charge is 0.354 e. The van der Waals surface area contributed by atoms with Gasteiger partial charge in [0.25, 0.3) is 5.82 Å². The van der Waals surface area contributed by atoms with Crippen LogP contribution in [0.5, 0.6) is 0 Å². The van der Waals surface area contributed by atoms with Gasteiger partial charge in [-0.1, -0.05) is 48.5 Å². The van der Waals surface area contributed by atoms with E-state index in [4.69, 9.17) is 10.4 Å². The van der Waals surface area contributed by atoms with Crippen LogP contribution >= 0.6 is 0 Å². The maximum absolute atomic E-state index is 11.8. The molecule has 0 fully saturated rings. The molecular formula is C21H16N4O. The van der Waals surface area contributed by atoms with Gasteiger partial charge >= 0.3 is 5.82 Å². The number of hydrogen-bond acceptors (Lipinski definition) is 3. The molecule has 0 spiro atoms. The second-order valence-corrected chi connectivity index (χ2v) is 5.81. The molecule has 4 rings (SSSR count). The van der Waals surface area contributed by atoms with Crippen LogP contribution < -0.4 is 9.67 Å². The number of rotatable bonds is 4. The maximum Gasteiger partial charge on any atom is 0.354 e. The van der Waals surface area contributed by atoms with Crippen LogP contribution in [0.15, 0.2) is 85.2 Å². The molecule has 0 aliphatic rings. The van der Waals surface area contributed by atoms with E-state index < -0.39 is 5.90 Å². The molecule has 0 unspecified atom stereocenters. The van der Waals surface area contributed by atoms with E-state index in [0.29, 0.717) is 28.5 Å². The van der Waals surface area contributed by atoms with E-state index >= 15 is 0 Å². The molecule has 2 heterocycles. The maximum atomic E-state index is 11.8. The molecule has 0 aliphatic heterocycles. The average molecular weight is 340 g/mol. The summed E-state index contributed by atoms with van der Waals surface area (Å²) < 4.78 is 1.89. The Morgan fingerprint density at radius 1 is 0.885 bits per heavy atom. The van der Waals surface area contributed by atoms with Gasteiger partial charge in [0.1, 0.15) is 5.69 Å². The van der Waals surface area contributed by atoms with Gasteiger partial charge < -0.3 is 15.5 Å². The lowest BCUT2D eigenvalue weighted by atomic mass is 10.0. The summed E-state index contributed by atoms with van der Waals surface area (Å²) in [5.74, 6) is 0.665. The summed E-state index contributed by atoms with van der Waals surface area (Å²) >= 11 is 0. The van der Waals surface area contributed by atoms with Crippen LogP contribution in [0.25, 0.3) is 28.5 Å². The lowest BCUT2D eigenvalue weighted by molar-refractivity contribution is -0.598. The summed E-state index contributed by atoms with van der Waals surface area (Å²) in [4.78, 5) is 8.10. The van der Waals surface area contributed by atoms with E-state index in [1.807, 2.05) is 77.6 Å². The van der Waals surface area contributed by atoms with Gasteiger partial charge in [-0.2, -0.15) is 0 Å². The van der Waals surface area contributed by atoms with Gasteiger partial charge in [0, 0.05) is 11.1 Å². The fourth-order valence-electron chi connectivity index (χ4n) is 2.91. The number of hydrogen-bond donors (Lipinski definition) is 2. The highest BCUT2D eigenvalue weighted by atomic mass is 16.3. The first-order chi connectivity index (χ1) is 12.7. The molecule has 0 saturated carbocycles. The third kappa shape index (κ3) is 2.86. The number of aromatic amines is 1. The van der Waals surface area contributed by atoms with Crippen molar-refractivity contribution in [2.75, 3.05) is 0 Å². The second-order valence-electron chi connectivity index (χ2n) is 5.81. The molecule has 4 aromatic rings. The number of pyridine rings is 1. The van der Waals surface area contributed by atoms with Crippen molar-refractivity contribution < 1.29 is 9.67 Å². The number of aromatic nitrogens is 3. The summed E-state index contributed by atoms with van der Waals surface area (Å²) in [7, 11) is 0. The van der Waals surface area contributed by atoms with Crippen LogP contribution in [0.3, 0.4) is 0 Å². The molecular weight excluding hydrogens is 324 g/mol. The third-order valence-corrected chi connectivity index (χ3v) is 4.13. The van der Waals surface area contributed by atoms with Crippen LogP contribution in [0.1, 0.15) is 5.56 Å². The Hall–Kier alpha value is -3.73. The van der Waals surface area contributed by atoms with E-state index in [1.165, 1.54) is 0 Å². The normalized spacial score (nSPS) is 10.6. The first-order valence-corrected chi connectivity index (χ1v) is 8.21. The van der Waals surface area contributed by atoms with Gasteiger partial charge in [-0.25, -0.2) is 4.57 Å². The summed E-state index contributed by atoms with van der Waals surface area (Å²) in [5, 5.41) is 19.4. The van der Waals surface area contributed by atoms with Gasteiger partial charge in [0.2, 0.25) is 0 Å². The van der Waals surface area contributed by atoms with Crippen LogP contribution in [0.2, 0.25) is 0 Å². The van der Waals surface area contributed by atoms with Crippen molar-refractivity contribution in [2.24, 2.45) is 0 Å². The van der Waals surface area contributed by atoms with E-state index in [2.05, 4.69) is 4.98 Å². The zero-order valence-corrected chi connectivity index (χ0v) is 13.9. The Labute approximate surface area is 150 Å². The summed E-state index contributed by atoms with van der Waals surface area (Å²) in [6, 6.07) is 22.7. The number of nitrogens with zero attached hydrogens (tertiary/aromatic N) is 2. The van der Waals surface area contributed by atoms with Crippen molar-refractivity contribution >= 4 is 5.90 Å². The van der Waals surface area contributed by atoms with E-state index in [-0.39, 0.29) is 0 Å². The Balaban J connectivity index is 1.97. The van der Waals surface area contributed by atoms with Gasteiger partial charge in [-0.3, -0.25) is 0 Å². The molecule has 0 amide bonds. The molecule has 126 valence electrons. The molecule has 2 N–H and O–H groups in total. The average Bonchev–Trinajstić information content (AvgIpc) is 3.14. The number of benzene rings is 2. The highest BCUT2D eigenvalue weighted by Gasteiger charge is 2.24. The minimum absolute atomic E-state index is 0.341. The quantitative estimate of drug-likeness (QED) is 0.340. The fourth-order valence-corrected chi connectivity index (χ4v) is 2.91. The number of imidazole rings is 1. The molecule has 0 aliphatic carbocycles. The lowest BCUT2D eigenvalue weighted by Gasteiger charge is -2.12. The standard InChI is InChI=1S/C21H16N4O/c22-19(26)17-12-6-5-11-16(17)18-21(25-13-7-2-8-14-25)24-20(23-18)15-9-3-1-4-10-15/h1-14H,(H2-,22,23,24,26). The molecule has 5 nitrogen and oxygen atoms in total. The topological polar surface area (TPSA) is 79.5 Å². The van der Waals surface area contributed by atoms with Crippen LogP contribution in [-0.2, 0) is 0 Å². The molecule has 5 heteroatoms. The zero-order valence-electron chi connectivity index (χ0n) is 13.9. The van der Waals surface area contributed by atoms with E-state index in [1.54, 1.807) is 12.1 Å². The van der Waals surface area contributed by atoms with Gasteiger partial charge in [-0.15, -0.1) is 0 Å². The monoisotopic (exact) mass is 340 g/mol. The summed E-state index contributed by atoms with van der Waals surface area (Å²) in [6.07, 6.45) is 3.80. The molecule has 26 heavy (non-hydrogen) atoms. The number of nitrogens with one attached hydrogen (secondary N) is 2. The van der Waals surface area contributed by atoms with Crippen LogP contribution in [0, 0.1) is 5.41 Å².